The van der Waals surface area contributed by atoms with Crippen LogP contribution in [-0.2, 0) is 4.79 Å². The molecule has 0 radical (unpaired) electrons. The monoisotopic (exact) mass is 338 g/mol. The Bertz CT molecular complexity index is 337. The summed E-state index contributed by atoms with van der Waals surface area (Å²) in [6.45, 7) is 1.94. The summed E-state index contributed by atoms with van der Waals surface area (Å²) >= 11 is 7.97. The van der Waals surface area contributed by atoms with Gasteiger partial charge in [-0.15, -0.1) is 0 Å². The Morgan fingerprint density at radius 2 is 2.00 bits per heavy atom. The van der Waals surface area contributed by atoms with Crippen molar-refractivity contribution in [1.29, 1.82) is 0 Å². The smallest absolute Gasteiger partial charge is 0.311 e. The van der Waals surface area contributed by atoms with Gasteiger partial charge in [0.05, 0.1) is 5.92 Å². The van der Waals surface area contributed by atoms with Gasteiger partial charge >= 0.3 is 5.97 Å². The maximum atomic E-state index is 11.1. The minimum Gasteiger partial charge on any atom is -0.481 e. The molecule has 1 rings (SSSR count). The van der Waals surface area contributed by atoms with Crippen molar-refractivity contribution < 1.29 is 9.90 Å². The molecule has 1 aromatic carbocycles. The second kappa shape index (κ2) is 5.70. The summed E-state index contributed by atoms with van der Waals surface area (Å²) in [4.78, 5) is 11.1. The van der Waals surface area contributed by atoms with Crippen molar-refractivity contribution in [2.24, 2.45) is 5.92 Å². The third kappa shape index (κ3) is 3.34. The van der Waals surface area contributed by atoms with Crippen molar-refractivity contribution in [3.05, 3.63) is 34.9 Å². The third-order valence-electron chi connectivity index (χ3n) is 2.31. The second-order valence-electron chi connectivity index (χ2n) is 3.50. The minimum absolute atomic E-state index is 0.115. The molecule has 0 spiro atoms. The summed E-state index contributed by atoms with van der Waals surface area (Å²) in [6, 6.07) is 7.02. The largest absolute Gasteiger partial charge is 0.481 e. The van der Waals surface area contributed by atoms with Crippen LogP contribution < -0.4 is 0 Å². The molecule has 15 heavy (non-hydrogen) atoms. The molecule has 0 fully saturated rings. The predicted octanol–water partition coefficient (Wildman–Crippen LogP) is 3.58. The number of hydrogen-bond donors (Lipinski definition) is 1. The Hall–Kier alpha value is -0.290. The van der Waals surface area contributed by atoms with Crippen molar-refractivity contribution in [3.8, 4) is 0 Å². The molecule has 2 atom stereocenters. The van der Waals surface area contributed by atoms with Gasteiger partial charge in [-0.3, -0.25) is 4.79 Å². The quantitative estimate of drug-likeness (QED) is 0.673. The van der Waals surface area contributed by atoms with E-state index in [4.69, 9.17) is 16.7 Å². The standard InChI is InChI=1S/C11H12ClIO2/c1-7(6-13)10(11(14)15)8-2-4-9(12)5-3-8/h2-5,7,10H,6H2,1H3,(H,14,15). The fourth-order valence-corrected chi connectivity index (χ4v) is 2.11. The Balaban J connectivity index is 2.99. The van der Waals surface area contributed by atoms with Crippen LogP contribution >= 0.6 is 34.2 Å². The van der Waals surface area contributed by atoms with E-state index < -0.39 is 11.9 Å². The molecular weight excluding hydrogens is 326 g/mol. The van der Waals surface area contributed by atoms with E-state index in [0.717, 1.165) is 9.99 Å². The van der Waals surface area contributed by atoms with E-state index >= 15 is 0 Å². The number of aliphatic carboxylic acids is 1. The second-order valence-corrected chi connectivity index (χ2v) is 4.82. The van der Waals surface area contributed by atoms with E-state index in [0.29, 0.717) is 5.02 Å². The van der Waals surface area contributed by atoms with Crippen LogP contribution in [0.15, 0.2) is 24.3 Å². The number of rotatable bonds is 4. The number of carbonyl (C=O) groups is 1. The lowest BCUT2D eigenvalue weighted by molar-refractivity contribution is -0.139. The van der Waals surface area contributed by atoms with Crippen molar-refractivity contribution in [2.75, 3.05) is 4.43 Å². The van der Waals surface area contributed by atoms with Crippen molar-refractivity contribution in [1.82, 2.24) is 0 Å². The molecule has 0 amide bonds. The Morgan fingerprint density at radius 3 is 2.40 bits per heavy atom. The van der Waals surface area contributed by atoms with E-state index in [1.54, 1.807) is 24.3 Å². The van der Waals surface area contributed by atoms with Gasteiger partial charge in [-0.1, -0.05) is 53.2 Å². The maximum Gasteiger partial charge on any atom is 0.311 e. The van der Waals surface area contributed by atoms with E-state index in [2.05, 4.69) is 22.6 Å². The molecule has 0 saturated carbocycles. The number of benzene rings is 1. The lowest BCUT2D eigenvalue weighted by Gasteiger charge is -2.18. The lowest BCUT2D eigenvalue weighted by atomic mass is 9.89. The highest BCUT2D eigenvalue weighted by molar-refractivity contribution is 14.1. The molecule has 1 N–H and O–H groups in total. The topological polar surface area (TPSA) is 37.3 Å². The zero-order chi connectivity index (χ0) is 11.4. The highest BCUT2D eigenvalue weighted by Crippen LogP contribution is 2.27. The fraction of sp³-hybridized carbons (Fsp3) is 0.364. The summed E-state index contributed by atoms with van der Waals surface area (Å²) < 4.78 is 0.817. The van der Waals surface area contributed by atoms with Crippen molar-refractivity contribution in [2.45, 2.75) is 12.8 Å². The van der Waals surface area contributed by atoms with Gasteiger partial charge in [0, 0.05) is 9.45 Å². The summed E-state index contributed by atoms with van der Waals surface area (Å²) in [5.74, 6) is -1.11. The summed E-state index contributed by atoms with van der Waals surface area (Å²) in [6.07, 6.45) is 0. The number of alkyl halides is 1. The van der Waals surface area contributed by atoms with Crippen molar-refractivity contribution in [3.63, 3.8) is 0 Å². The van der Waals surface area contributed by atoms with Gasteiger partial charge in [0.2, 0.25) is 0 Å². The Morgan fingerprint density at radius 1 is 1.47 bits per heavy atom. The van der Waals surface area contributed by atoms with Crippen LogP contribution in [0.2, 0.25) is 5.02 Å². The summed E-state index contributed by atoms with van der Waals surface area (Å²) in [7, 11) is 0. The Kier molecular flexibility index (Phi) is 4.86. The minimum atomic E-state index is -0.776. The van der Waals surface area contributed by atoms with Gasteiger partial charge in [-0.05, 0) is 23.6 Å². The molecule has 0 aliphatic carbocycles. The Labute approximate surface area is 108 Å². The van der Waals surface area contributed by atoms with Gasteiger partial charge in [0.1, 0.15) is 0 Å². The average Bonchev–Trinajstić information content (AvgIpc) is 2.20. The molecule has 0 aliphatic rings. The molecular formula is C11H12ClIO2. The van der Waals surface area contributed by atoms with Crippen LogP contribution in [0.5, 0.6) is 0 Å². The van der Waals surface area contributed by atoms with E-state index in [-0.39, 0.29) is 5.92 Å². The molecule has 82 valence electrons. The molecule has 0 aliphatic heterocycles. The SMILES string of the molecule is CC(CI)C(C(=O)O)c1ccc(Cl)cc1. The van der Waals surface area contributed by atoms with E-state index in [1.165, 1.54) is 0 Å². The predicted molar refractivity (Wildman–Crippen MR) is 69.9 cm³/mol. The third-order valence-corrected chi connectivity index (χ3v) is 3.95. The zero-order valence-corrected chi connectivity index (χ0v) is 11.2. The van der Waals surface area contributed by atoms with Gasteiger partial charge < -0.3 is 5.11 Å². The highest BCUT2D eigenvalue weighted by atomic mass is 127. The first-order chi connectivity index (χ1) is 7.06. The number of halogens is 2. The van der Waals surface area contributed by atoms with E-state index in [9.17, 15) is 4.79 Å². The summed E-state index contributed by atoms with van der Waals surface area (Å²) in [5.41, 5.74) is 0.816. The first-order valence-electron chi connectivity index (χ1n) is 4.60. The van der Waals surface area contributed by atoms with Crippen LogP contribution in [0.3, 0.4) is 0 Å². The molecule has 2 unspecified atom stereocenters. The molecule has 2 nitrogen and oxygen atoms in total. The van der Waals surface area contributed by atoms with Crippen LogP contribution in [0, 0.1) is 5.92 Å². The maximum absolute atomic E-state index is 11.1. The molecule has 0 bridgehead atoms. The van der Waals surface area contributed by atoms with Gasteiger partial charge in [-0.25, -0.2) is 0 Å². The number of carboxylic acids is 1. The summed E-state index contributed by atoms with van der Waals surface area (Å²) in [5, 5.41) is 9.79. The van der Waals surface area contributed by atoms with Gasteiger partial charge in [0.25, 0.3) is 0 Å². The highest BCUT2D eigenvalue weighted by Gasteiger charge is 2.25. The molecule has 0 heterocycles. The zero-order valence-electron chi connectivity index (χ0n) is 8.28. The van der Waals surface area contributed by atoms with Crippen LogP contribution in [-0.4, -0.2) is 15.5 Å². The van der Waals surface area contributed by atoms with Crippen molar-refractivity contribution >= 4 is 40.2 Å². The van der Waals surface area contributed by atoms with Gasteiger partial charge in [-0.2, -0.15) is 0 Å². The molecule has 0 aromatic heterocycles. The normalized spacial score (nSPS) is 14.6. The van der Waals surface area contributed by atoms with E-state index in [1.807, 2.05) is 6.92 Å². The number of hydrogen-bond acceptors (Lipinski definition) is 1. The van der Waals surface area contributed by atoms with Crippen LogP contribution in [0.4, 0.5) is 0 Å². The molecule has 0 saturated heterocycles. The number of carboxylic acid groups (broad SMARTS) is 1. The first-order valence-corrected chi connectivity index (χ1v) is 6.51. The first kappa shape index (κ1) is 12.8. The van der Waals surface area contributed by atoms with Gasteiger partial charge in [0.15, 0.2) is 0 Å². The van der Waals surface area contributed by atoms with Crippen LogP contribution in [0.25, 0.3) is 0 Å². The molecule has 4 heteroatoms. The lowest BCUT2D eigenvalue weighted by Crippen LogP contribution is -2.20. The fourth-order valence-electron chi connectivity index (χ4n) is 1.47. The average molecular weight is 339 g/mol. The van der Waals surface area contributed by atoms with Crippen LogP contribution in [0.1, 0.15) is 18.4 Å². The molecule has 1 aromatic rings.